The highest BCUT2D eigenvalue weighted by atomic mass is 35.5. The summed E-state index contributed by atoms with van der Waals surface area (Å²) in [5, 5.41) is 18.0. The molecule has 4 heterocycles. The monoisotopic (exact) mass is 975 g/mol. The number of carbonyl (C=O) groups excluding carboxylic acids is 7. The van der Waals surface area contributed by atoms with Crippen molar-refractivity contribution in [3.63, 3.8) is 0 Å². The van der Waals surface area contributed by atoms with Crippen LogP contribution in [-0.2, 0) is 72.0 Å². The number of aromatic nitrogens is 3. The van der Waals surface area contributed by atoms with Crippen LogP contribution in [0.3, 0.4) is 0 Å². The molecule has 3 N–H and O–H groups in total. The number of amides is 4. The third-order valence-corrected chi connectivity index (χ3v) is 12.5. The van der Waals surface area contributed by atoms with Crippen LogP contribution in [0.4, 0.5) is 0 Å². The fourth-order valence-corrected chi connectivity index (χ4v) is 8.24. The molecule has 0 spiro atoms. The summed E-state index contributed by atoms with van der Waals surface area (Å²) < 4.78 is 24.8. The largest absolute Gasteiger partial charge is 0.495 e. The van der Waals surface area contributed by atoms with Gasteiger partial charge in [0.25, 0.3) is 11.8 Å². The van der Waals surface area contributed by atoms with Gasteiger partial charge < -0.3 is 39.7 Å². The fraction of sp³-hybridized carbons (Fsp3) is 0.531. The molecule has 4 amide bonds. The summed E-state index contributed by atoms with van der Waals surface area (Å²) in [6.45, 7) is 11.5. The van der Waals surface area contributed by atoms with E-state index in [9.17, 15) is 33.6 Å². The van der Waals surface area contributed by atoms with Gasteiger partial charge >= 0.3 is 17.9 Å². The number of esters is 2. The first kappa shape index (κ1) is 52.2. The number of nitrogens with one attached hydrogen (secondary N) is 3. The quantitative estimate of drug-likeness (QED) is 0.0725. The van der Waals surface area contributed by atoms with Gasteiger partial charge in [-0.15, -0.1) is 10.2 Å². The zero-order valence-electron chi connectivity index (χ0n) is 40.0. The molecule has 6 rings (SSSR count). The molecule has 0 bridgehead atoms. The lowest BCUT2D eigenvalue weighted by Crippen LogP contribution is -2.51. The number of halogens is 1. The number of methoxy groups -OCH3 is 1. The summed E-state index contributed by atoms with van der Waals surface area (Å²) in [5.41, 5.74) is 2.01. The molecule has 0 aliphatic carbocycles. The van der Waals surface area contributed by atoms with E-state index in [1.807, 2.05) is 45.0 Å². The third kappa shape index (κ3) is 14.0. The van der Waals surface area contributed by atoms with Crippen molar-refractivity contribution in [3.05, 3.63) is 88.2 Å². The maximum atomic E-state index is 13.9. The molecule has 372 valence electrons. The lowest BCUT2D eigenvalue weighted by molar-refractivity contribution is -0.200. The topological polar surface area (TPSA) is 239 Å². The number of hydroxylamine groups is 2. The van der Waals surface area contributed by atoms with Crippen LogP contribution in [0.25, 0.3) is 0 Å². The van der Waals surface area contributed by atoms with E-state index in [1.54, 1.807) is 51.2 Å². The first-order chi connectivity index (χ1) is 32.9. The normalized spacial score (nSPS) is 23.7. The minimum absolute atomic E-state index is 0.00365. The van der Waals surface area contributed by atoms with Crippen LogP contribution < -0.4 is 20.7 Å². The van der Waals surface area contributed by atoms with Gasteiger partial charge in [-0.25, -0.2) is 14.3 Å². The molecule has 1 aromatic heterocycles. The second kappa shape index (κ2) is 23.4. The molecule has 20 heteroatoms. The van der Waals surface area contributed by atoms with Crippen molar-refractivity contribution in [1.29, 1.82) is 0 Å². The Kier molecular flexibility index (Phi) is 17.7. The molecule has 0 saturated carbocycles. The Hall–Kier alpha value is -6.18. The van der Waals surface area contributed by atoms with Gasteiger partial charge in [0.05, 0.1) is 35.5 Å². The molecule has 19 nitrogen and oxygen atoms in total. The summed E-state index contributed by atoms with van der Waals surface area (Å²) in [5.74, 6) is -4.28. The predicted octanol–water partition coefficient (Wildman–Crippen LogP) is 4.61. The Balaban J connectivity index is 1.07. The Morgan fingerprint density at radius 2 is 1.71 bits per heavy atom. The molecule has 7 atom stereocenters. The molecule has 3 aliphatic heterocycles. The summed E-state index contributed by atoms with van der Waals surface area (Å²) in [6, 6.07) is 11.2. The number of benzene rings is 2. The molecule has 2 saturated heterocycles. The van der Waals surface area contributed by atoms with Crippen molar-refractivity contribution in [1.82, 2.24) is 36.0 Å². The number of rotatable bonds is 17. The van der Waals surface area contributed by atoms with Crippen molar-refractivity contribution >= 4 is 53.1 Å². The Morgan fingerprint density at radius 1 is 1.00 bits per heavy atom. The molecule has 0 radical (unpaired) electrons. The van der Waals surface area contributed by atoms with Gasteiger partial charge in [-0.2, -0.15) is 0 Å². The molecule has 1 unspecified atom stereocenters. The maximum Gasteiger partial charge on any atom is 0.357 e. The fourth-order valence-electron chi connectivity index (χ4n) is 7.96. The van der Waals surface area contributed by atoms with Gasteiger partial charge in [0.1, 0.15) is 24.0 Å². The number of cyclic esters (lactones) is 2. The van der Waals surface area contributed by atoms with Crippen LogP contribution in [0.1, 0.15) is 108 Å². The van der Waals surface area contributed by atoms with Crippen LogP contribution in [0.15, 0.2) is 60.8 Å². The van der Waals surface area contributed by atoms with Crippen molar-refractivity contribution in [2.24, 2.45) is 17.3 Å². The first-order valence-electron chi connectivity index (χ1n) is 23.3. The number of hydrogen-bond donors (Lipinski definition) is 3. The van der Waals surface area contributed by atoms with E-state index in [0.29, 0.717) is 53.0 Å². The highest BCUT2D eigenvalue weighted by Crippen LogP contribution is 2.45. The lowest BCUT2D eigenvalue weighted by atomic mass is 9.92. The molecular formula is C49H62ClN7O12. The van der Waals surface area contributed by atoms with E-state index < -0.39 is 71.2 Å². The number of ether oxygens (including phenoxy) is 4. The van der Waals surface area contributed by atoms with Crippen molar-refractivity contribution in [3.8, 4) is 5.75 Å². The second-order valence-corrected chi connectivity index (χ2v) is 19.0. The minimum atomic E-state index is -1.25. The number of imide groups is 1. The molecule has 2 fully saturated rings. The molecule has 69 heavy (non-hydrogen) atoms. The van der Waals surface area contributed by atoms with Gasteiger partial charge in [-0.3, -0.25) is 24.0 Å². The van der Waals surface area contributed by atoms with Gasteiger partial charge in [0.15, 0.2) is 12.1 Å². The highest BCUT2D eigenvalue weighted by molar-refractivity contribution is 6.32. The summed E-state index contributed by atoms with van der Waals surface area (Å²) in [4.78, 5) is 96.2. The Bertz CT molecular complexity index is 2370. The van der Waals surface area contributed by atoms with E-state index in [2.05, 4.69) is 26.3 Å². The number of epoxide rings is 1. The van der Waals surface area contributed by atoms with Crippen LogP contribution in [-0.4, -0.2) is 106 Å². The predicted molar refractivity (Wildman–Crippen MR) is 249 cm³/mol. The van der Waals surface area contributed by atoms with Gasteiger partial charge in [0, 0.05) is 44.7 Å². The zero-order chi connectivity index (χ0) is 50.0. The molecule has 3 aliphatic rings. The average Bonchev–Trinajstić information content (AvgIpc) is 3.88. The molecule has 3 aromatic rings. The van der Waals surface area contributed by atoms with E-state index in [-0.39, 0.29) is 62.7 Å². The lowest BCUT2D eigenvalue weighted by Gasteiger charge is -2.29. The van der Waals surface area contributed by atoms with Crippen LogP contribution in [0.5, 0.6) is 5.75 Å². The number of hydrogen-bond acceptors (Lipinski definition) is 15. The van der Waals surface area contributed by atoms with Gasteiger partial charge in [-0.05, 0) is 80.5 Å². The van der Waals surface area contributed by atoms with Crippen molar-refractivity contribution in [2.75, 3.05) is 20.2 Å². The smallest absolute Gasteiger partial charge is 0.357 e. The van der Waals surface area contributed by atoms with Gasteiger partial charge in [-0.1, -0.05) is 80.9 Å². The van der Waals surface area contributed by atoms with Gasteiger partial charge in [0.2, 0.25) is 11.8 Å². The van der Waals surface area contributed by atoms with E-state index in [1.165, 1.54) is 17.9 Å². The summed E-state index contributed by atoms with van der Waals surface area (Å²) in [7, 11) is 1.49. The van der Waals surface area contributed by atoms with E-state index >= 15 is 0 Å². The van der Waals surface area contributed by atoms with Crippen molar-refractivity contribution < 1.29 is 57.3 Å². The number of nitrogens with zero attached hydrogens (tertiary/aromatic N) is 4. The SMILES string of the molecule is CCC(C(=O)ON1C(=O)CCC1=O)n1cc(CNCCc2ccc([C@H]3O[C@@H]3[C@@H](C)[C@@H]3C/C=C\C(=O)N[C@H](Cc4ccc(OC)c(Cl)c4)C(=O)NCC(C)(C)C(=O)O[C@@H](CC(C)C)C(=O)O3)cc2)nn1. The third-order valence-electron chi connectivity index (χ3n) is 12.2. The second-order valence-electron chi connectivity index (χ2n) is 18.6. The van der Waals surface area contributed by atoms with E-state index in [4.69, 9.17) is 35.4 Å². The minimum Gasteiger partial charge on any atom is -0.495 e. The highest BCUT2D eigenvalue weighted by Gasteiger charge is 2.48. The standard InChI is InChI=1S/C49H62ClN7O12/c1-8-36(46(62)69-57-41(59)18-19-42(57)60)56-26-33(54-55-56)25-51-21-20-30-12-15-32(16-13-30)44-43(68-44)29(4)37-10-9-11-40(58)53-35(24-31-14-17-38(65-7)34(50)23-31)45(61)52-27-49(5,6)48(64)67-39(22-28(2)3)47(63)66-37/h9,11-17,23,26,28-29,35-37,39,43-44,51H,8,10,18-22,24-25,27H2,1-7H3,(H,52,61)(H,53,58)/b11-9-/t29-,35+,36?,37-,39-,43+,44+/m0/s1. The first-order valence-corrected chi connectivity index (χ1v) is 23.7. The van der Waals surface area contributed by atoms with Crippen LogP contribution >= 0.6 is 11.6 Å². The number of carbonyl (C=O) groups is 7. The Morgan fingerprint density at radius 3 is 2.38 bits per heavy atom. The van der Waals surface area contributed by atoms with Crippen LogP contribution in [0.2, 0.25) is 5.02 Å². The Labute approximate surface area is 406 Å². The maximum absolute atomic E-state index is 13.9. The summed E-state index contributed by atoms with van der Waals surface area (Å²) >= 11 is 6.37. The van der Waals surface area contributed by atoms with Crippen molar-refractivity contribution in [2.45, 2.75) is 130 Å². The zero-order valence-corrected chi connectivity index (χ0v) is 40.8. The van der Waals surface area contributed by atoms with E-state index in [0.717, 1.165) is 11.1 Å². The molecular weight excluding hydrogens is 914 g/mol. The average molecular weight is 977 g/mol. The summed E-state index contributed by atoms with van der Waals surface area (Å²) in [6.07, 6.45) is 3.36. The van der Waals surface area contributed by atoms with Crippen LogP contribution in [0, 0.1) is 17.3 Å². The molecule has 2 aromatic carbocycles.